The molecule has 0 spiro atoms. The minimum Gasteiger partial charge on any atom is -0.235 e. The normalized spacial score (nSPS) is 12.2. The fourth-order valence-electron chi connectivity index (χ4n) is 0.897. The summed E-state index contributed by atoms with van der Waals surface area (Å²) in [4.78, 5) is 3.58. The first-order valence-electron chi connectivity index (χ1n) is 3.81. The number of halogens is 4. The van der Waals surface area contributed by atoms with Crippen LogP contribution in [0.3, 0.4) is 0 Å². The predicted octanol–water partition coefficient (Wildman–Crippen LogP) is 3.96. The average molecular weight is 238 g/mol. The van der Waals surface area contributed by atoms with E-state index in [-0.39, 0.29) is 5.88 Å². The molecule has 0 aliphatic heterocycles. The molecule has 0 N–H and O–H groups in total. The minimum absolute atomic E-state index is 0.215. The summed E-state index contributed by atoms with van der Waals surface area (Å²) in [6.07, 6.45) is -2.75. The average Bonchev–Trinajstić information content (AvgIpc) is 2.18. The fraction of sp³-hybridized carbons (Fsp3) is 0.222. The summed E-state index contributed by atoms with van der Waals surface area (Å²) in [5.41, 5.74) is 1.06. The number of nitrogens with zero attached hydrogens (tertiary/aromatic N) is 1. The molecule has 0 aliphatic carbocycles. The van der Waals surface area contributed by atoms with Crippen molar-refractivity contribution in [3.8, 4) is 0 Å². The highest BCUT2D eigenvalue weighted by Crippen LogP contribution is 2.22. The van der Waals surface area contributed by atoms with Crippen molar-refractivity contribution in [2.45, 2.75) is 12.3 Å². The summed E-state index contributed by atoms with van der Waals surface area (Å²) < 4.78 is 24.1. The molecule has 0 amide bonds. The first-order chi connectivity index (χ1) is 6.65. The van der Waals surface area contributed by atoms with Crippen LogP contribution in [-0.2, 0) is 5.88 Å². The van der Waals surface area contributed by atoms with E-state index < -0.39 is 11.6 Å². The summed E-state index contributed by atoms with van der Waals surface area (Å²) in [7, 11) is 0. The predicted molar refractivity (Wildman–Crippen MR) is 55.0 cm³/mol. The summed E-state index contributed by atoms with van der Waals surface area (Å²) in [6.45, 7) is 0. The highest BCUT2D eigenvalue weighted by Gasteiger charge is 2.10. The van der Waals surface area contributed by atoms with E-state index in [0.717, 1.165) is 0 Å². The highest BCUT2D eigenvalue weighted by atomic mass is 35.5. The molecular formula is C9H7Cl2F2N. The van der Waals surface area contributed by atoms with E-state index in [2.05, 4.69) is 4.99 Å². The highest BCUT2D eigenvalue weighted by molar-refractivity contribution is 6.66. The molecule has 0 fully saturated rings. The molecule has 0 aromatic heterocycles. The van der Waals surface area contributed by atoms with E-state index in [0.29, 0.717) is 11.3 Å². The van der Waals surface area contributed by atoms with Crippen molar-refractivity contribution in [2.24, 2.45) is 4.99 Å². The molecule has 1 aromatic rings. The Morgan fingerprint density at radius 1 is 1.36 bits per heavy atom. The monoisotopic (exact) mass is 237 g/mol. The van der Waals surface area contributed by atoms with E-state index >= 15 is 0 Å². The lowest BCUT2D eigenvalue weighted by molar-refractivity contribution is 0.229. The summed E-state index contributed by atoms with van der Waals surface area (Å²) >= 11 is 10.8. The van der Waals surface area contributed by atoms with Crippen LogP contribution in [0.5, 0.6) is 0 Å². The van der Waals surface area contributed by atoms with Gasteiger partial charge in [0.15, 0.2) is 5.17 Å². The van der Waals surface area contributed by atoms with Crippen LogP contribution >= 0.6 is 23.2 Å². The van der Waals surface area contributed by atoms with Gasteiger partial charge >= 0.3 is 0 Å². The first kappa shape index (κ1) is 11.4. The lowest BCUT2D eigenvalue weighted by Gasteiger charge is -2.01. The van der Waals surface area contributed by atoms with Crippen LogP contribution in [0.15, 0.2) is 29.3 Å². The van der Waals surface area contributed by atoms with Gasteiger partial charge in [0, 0.05) is 5.88 Å². The third-order valence-corrected chi connectivity index (χ3v) is 2.08. The van der Waals surface area contributed by atoms with Gasteiger partial charge in [-0.15, -0.1) is 11.6 Å². The number of alkyl halides is 3. The third kappa shape index (κ3) is 2.93. The zero-order valence-electron chi connectivity index (χ0n) is 7.05. The van der Waals surface area contributed by atoms with Crippen molar-refractivity contribution in [1.29, 1.82) is 0 Å². The smallest absolute Gasteiger partial charge is 0.235 e. The van der Waals surface area contributed by atoms with Crippen molar-refractivity contribution in [1.82, 2.24) is 0 Å². The van der Waals surface area contributed by atoms with Gasteiger partial charge in [0.05, 0.1) is 5.69 Å². The minimum atomic E-state index is -2.75. The standard InChI is InChI=1S/C9H7Cl2F2N/c10-5-6-3-1-2-4-7(6)14-8(11)9(12)13/h1-4,9H,5H2. The zero-order valence-corrected chi connectivity index (χ0v) is 8.56. The summed E-state index contributed by atoms with van der Waals surface area (Å²) in [5, 5.41) is -0.720. The van der Waals surface area contributed by atoms with Crippen LogP contribution in [0.4, 0.5) is 14.5 Å². The van der Waals surface area contributed by atoms with E-state index in [4.69, 9.17) is 23.2 Å². The van der Waals surface area contributed by atoms with Crippen LogP contribution in [0.2, 0.25) is 0 Å². The third-order valence-electron chi connectivity index (χ3n) is 1.54. The van der Waals surface area contributed by atoms with Gasteiger partial charge in [-0.1, -0.05) is 29.8 Å². The van der Waals surface area contributed by atoms with Crippen molar-refractivity contribution in [2.75, 3.05) is 0 Å². The number of hydrogen-bond acceptors (Lipinski definition) is 1. The topological polar surface area (TPSA) is 12.4 Å². The molecule has 0 heterocycles. The molecule has 0 radical (unpaired) electrons. The van der Waals surface area contributed by atoms with Crippen LogP contribution in [0.25, 0.3) is 0 Å². The van der Waals surface area contributed by atoms with Crippen LogP contribution < -0.4 is 0 Å². The Kier molecular flexibility index (Phi) is 4.29. The maximum Gasteiger partial charge on any atom is 0.290 e. The number of aliphatic imine (C=N–C) groups is 1. The molecule has 0 atom stereocenters. The Balaban J connectivity index is 3.01. The molecule has 1 nitrogen and oxygen atoms in total. The Morgan fingerprint density at radius 3 is 2.57 bits per heavy atom. The Labute approximate surface area is 90.4 Å². The van der Waals surface area contributed by atoms with Gasteiger partial charge in [-0.3, -0.25) is 0 Å². The molecule has 0 unspecified atom stereocenters. The number of hydrogen-bond donors (Lipinski definition) is 0. The zero-order chi connectivity index (χ0) is 10.6. The van der Waals surface area contributed by atoms with E-state index in [9.17, 15) is 8.78 Å². The van der Waals surface area contributed by atoms with Gasteiger partial charge in [-0.2, -0.15) is 0 Å². The second kappa shape index (κ2) is 5.27. The van der Waals surface area contributed by atoms with Crippen LogP contribution in [0.1, 0.15) is 5.56 Å². The molecule has 1 aromatic carbocycles. The SMILES string of the molecule is FC(F)C(Cl)=Nc1ccccc1CCl. The van der Waals surface area contributed by atoms with Gasteiger partial charge in [-0.25, -0.2) is 13.8 Å². The molecule has 1 rings (SSSR count). The summed E-state index contributed by atoms with van der Waals surface area (Å²) in [5.74, 6) is 0.215. The van der Waals surface area contributed by atoms with Crippen molar-refractivity contribution in [3.05, 3.63) is 29.8 Å². The van der Waals surface area contributed by atoms with Crippen molar-refractivity contribution < 1.29 is 8.78 Å². The molecule has 0 saturated heterocycles. The lowest BCUT2D eigenvalue weighted by atomic mass is 10.2. The van der Waals surface area contributed by atoms with Crippen LogP contribution in [0, 0.1) is 0 Å². The number of rotatable bonds is 3. The Bertz CT molecular complexity index is 339. The number of para-hydroxylation sites is 1. The molecule has 0 saturated carbocycles. The maximum absolute atomic E-state index is 12.1. The summed E-state index contributed by atoms with van der Waals surface area (Å²) in [6, 6.07) is 6.74. The van der Waals surface area contributed by atoms with Crippen molar-refractivity contribution in [3.63, 3.8) is 0 Å². The van der Waals surface area contributed by atoms with Gasteiger partial charge in [0.25, 0.3) is 6.43 Å². The largest absolute Gasteiger partial charge is 0.290 e. The molecule has 76 valence electrons. The maximum atomic E-state index is 12.1. The molecular weight excluding hydrogens is 231 g/mol. The molecule has 0 aliphatic rings. The first-order valence-corrected chi connectivity index (χ1v) is 4.72. The van der Waals surface area contributed by atoms with Crippen LogP contribution in [-0.4, -0.2) is 11.6 Å². The van der Waals surface area contributed by atoms with Gasteiger partial charge in [-0.05, 0) is 11.6 Å². The second-order valence-corrected chi connectivity index (χ2v) is 3.15. The van der Waals surface area contributed by atoms with Gasteiger partial charge in [0.1, 0.15) is 0 Å². The van der Waals surface area contributed by atoms with Gasteiger partial charge in [0.2, 0.25) is 0 Å². The lowest BCUT2D eigenvalue weighted by Crippen LogP contribution is -2.00. The van der Waals surface area contributed by atoms with E-state index in [1.54, 1.807) is 24.3 Å². The molecule has 5 heteroatoms. The molecule has 0 bridgehead atoms. The second-order valence-electron chi connectivity index (χ2n) is 2.50. The number of benzene rings is 1. The van der Waals surface area contributed by atoms with E-state index in [1.165, 1.54) is 0 Å². The van der Waals surface area contributed by atoms with Crippen molar-refractivity contribution >= 4 is 34.1 Å². The van der Waals surface area contributed by atoms with Gasteiger partial charge < -0.3 is 0 Å². The molecule has 14 heavy (non-hydrogen) atoms. The Hall–Kier alpha value is -0.670. The van der Waals surface area contributed by atoms with E-state index in [1.807, 2.05) is 0 Å². The fourth-order valence-corrected chi connectivity index (χ4v) is 1.21. The Morgan fingerprint density at radius 2 is 2.00 bits per heavy atom. The quantitative estimate of drug-likeness (QED) is 0.558.